The van der Waals surface area contributed by atoms with Crippen LogP contribution < -0.4 is 0 Å². The van der Waals surface area contributed by atoms with Crippen molar-refractivity contribution in [1.29, 1.82) is 0 Å². The molecule has 5 nitrogen and oxygen atoms in total. The van der Waals surface area contributed by atoms with E-state index >= 15 is 0 Å². The van der Waals surface area contributed by atoms with Gasteiger partial charge in [0, 0.05) is 52.5 Å². The fourth-order valence-electron chi connectivity index (χ4n) is 6.34. The van der Waals surface area contributed by atoms with Gasteiger partial charge in [0.25, 0.3) is 0 Å². The normalized spacial score (nSPS) is 12.1. The highest BCUT2D eigenvalue weighted by atomic mass is 32.1. The summed E-state index contributed by atoms with van der Waals surface area (Å²) in [7, 11) is 0. The molecule has 0 aliphatic heterocycles. The van der Waals surface area contributed by atoms with Crippen LogP contribution in [0.4, 0.5) is 0 Å². The zero-order valence-corrected chi connectivity index (χ0v) is 29.2. The lowest BCUT2D eigenvalue weighted by Crippen LogP contribution is -2.00. The monoisotopic (exact) mass is 691 g/mol. The molecule has 0 radical (unpaired) electrons. The Morgan fingerprint density at radius 3 is 1.88 bits per heavy atom. The highest BCUT2D eigenvalue weighted by Crippen LogP contribution is 2.44. The van der Waals surface area contributed by atoms with Crippen molar-refractivity contribution in [2.24, 2.45) is 0 Å². The molecule has 9 rings (SSSR count). The third kappa shape index (κ3) is 5.62. The quantitative estimate of drug-likeness (QED) is 0.156. The van der Waals surface area contributed by atoms with Crippen molar-refractivity contribution in [2.75, 3.05) is 0 Å². The Morgan fingerprint density at radius 1 is 0.549 bits per heavy atom. The summed E-state index contributed by atoms with van der Waals surface area (Å²) < 4.78 is 4.53. The summed E-state index contributed by atoms with van der Waals surface area (Å²) in [5.74, 6) is 2.61. The Kier molecular flexibility index (Phi) is 7.84. The van der Waals surface area contributed by atoms with Crippen LogP contribution in [-0.4, -0.2) is 24.9 Å². The molecule has 4 aromatic heterocycles. The first kappa shape index (κ1) is 30.9. The molecule has 0 amide bonds. The molecule has 9 aromatic rings. The van der Waals surface area contributed by atoms with Crippen molar-refractivity contribution in [3.05, 3.63) is 157 Å². The molecule has 0 aliphatic carbocycles. The van der Waals surface area contributed by atoms with E-state index in [9.17, 15) is 0 Å². The third-order valence-electron chi connectivity index (χ3n) is 8.88. The molecule has 7 heteroatoms. The van der Waals surface area contributed by atoms with E-state index in [0.717, 1.165) is 69.3 Å². The number of hydrogen-bond donors (Lipinski definition) is 0. The van der Waals surface area contributed by atoms with Gasteiger partial charge in [0.1, 0.15) is 0 Å². The van der Waals surface area contributed by atoms with Crippen LogP contribution in [0, 0.1) is 0 Å². The molecule has 0 spiro atoms. The van der Waals surface area contributed by atoms with Gasteiger partial charge in [-0.3, -0.25) is 0 Å². The van der Waals surface area contributed by atoms with E-state index < -0.39 is 0 Å². The van der Waals surface area contributed by atoms with Crippen LogP contribution in [0.5, 0.6) is 0 Å². The molecular formula is C44H29N5S2. The zero-order valence-electron chi connectivity index (χ0n) is 27.6. The predicted molar refractivity (Wildman–Crippen MR) is 216 cm³/mol. The minimum absolute atomic E-state index is 0.635. The van der Waals surface area contributed by atoms with Crippen LogP contribution in [0.3, 0.4) is 0 Å². The number of rotatable bonds is 7. The Balaban J connectivity index is 1.26. The molecule has 0 aliphatic rings. The first-order valence-corrected chi connectivity index (χ1v) is 18.3. The van der Waals surface area contributed by atoms with Gasteiger partial charge < -0.3 is 0 Å². The standard InChI is InChI=1S/C44H29N5S2/c1-3-27(2)15-12-24-34-40-38(30-20-10-11-25-35(30)50-40)46-44(45-34)33-23-13-21-31-37-32(22-14-26-36(37)51-39(31)33)43-48-41(28-16-6-4-7-17-28)47-42(49-43)29-18-8-5-9-19-29/h3-26H,1H2,2H3/b24-12+,27-15-. The average Bonchev–Trinajstić information content (AvgIpc) is 3.77. The zero-order chi connectivity index (χ0) is 34.3. The first-order chi connectivity index (χ1) is 25.1. The fourth-order valence-corrected chi connectivity index (χ4v) is 8.69. The number of fused-ring (bicyclic) bond motifs is 6. The fraction of sp³-hybridized carbons (Fsp3) is 0.0227. The van der Waals surface area contributed by atoms with Crippen LogP contribution in [0.2, 0.25) is 0 Å². The molecule has 0 atom stereocenters. The molecule has 5 aromatic carbocycles. The van der Waals surface area contributed by atoms with Gasteiger partial charge in [-0.1, -0.05) is 134 Å². The lowest BCUT2D eigenvalue weighted by molar-refractivity contribution is 1.08. The van der Waals surface area contributed by atoms with Gasteiger partial charge in [-0.05, 0) is 31.2 Å². The minimum Gasteiger partial charge on any atom is -0.227 e. The topological polar surface area (TPSA) is 64.5 Å². The Morgan fingerprint density at radius 2 is 1.14 bits per heavy atom. The van der Waals surface area contributed by atoms with Crippen molar-refractivity contribution >= 4 is 69.2 Å². The third-order valence-corrected chi connectivity index (χ3v) is 11.3. The lowest BCUT2D eigenvalue weighted by atomic mass is 10.0. The number of hydrogen-bond acceptors (Lipinski definition) is 7. The second kappa shape index (κ2) is 12.9. The highest BCUT2D eigenvalue weighted by Gasteiger charge is 2.20. The SMILES string of the molecule is C=C/C(C)=C\C=C\c1nc(-c2cccc3c2sc2cccc(-c4nc(-c5ccccc5)nc(-c5ccccc5)n4)c23)nc2c1sc1ccccc12. The van der Waals surface area contributed by atoms with Gasteiger partial charge in [0.15, 0.2) is 23.3 Å². The van der Waals surface area contributed by atoms with E-state index in [0.29, 0.717) is 23.3 Å². The van der Waals surface area contributed by atoms with Gasteiger partial charge in [-0.2, -0.15) is 0 Å². The molecule has 4 heterocycles. The number of allylic oxidation sites excluding steroid dienone is 4. The van der Waals surface area contributed by atoms with Gasteiger partial charge in [0.2, 0.25) is 0 Å². The summed E-state index contributed by atoms with van der Waals surface area (Å²) in [6.07, 6.45) is 8.02. The van der Waals surface area contributed by atoms with Crippen molar-refractivity contribution in [1.82, 2.24) is 24.9 Å². The van der Waals surface area contributed by atoms with Crippen LogP contribution in [0.15, 0.2) is 152 Å². The second-order valence-electron chi connectivity index (χ2n) is 12.2. The predicted octanol–water partition coefficient (Wildman–Crippen LogP) is 12.2. The summed E-state index contributed by atoms with van der Waals surface area (Å²) in [5, 5.41) is 3.36. The molecule has 0 N–H and O–H groups in total. The largest absolute Gasteiger partial charge is 0.227 e. The molecule has 0 saturated heterocycles. The summed E-state index contributed by atoms with van der Waals surface area (Å²) in [6.45, 7) is 5.93. The minimum atomic E-state index is 0.635. The summed E-state index contributed by atoms with van der Waals surface area (Å²) in [5.41, 5.74) is 6.79. The van der Waals surface area contributed by atoms with Gasteiger partial charge >= 0.3 is 0 Å². The van der Waals surface area contributed by atoms with E-state index in [4.69, 9.17) is 24.9 Å². The maximum atomic E-state index is 5.25. The first-order valence-electron chi connectivity index (χ1n) is 16.6. The van der Waals surface area contributed by atoms with Crippen LogP contribution >= 0.6 is 22.7 Å². The highest BCUT2D eigenvalue weighted by molar-refractivity contribution is 7.26. The number of benzene rings is 5. The number of thiophene rings is 2. The number of aromatic nitrogens is 5. The Labute approximate surface area is 302 Å². The van der Waals surface area contributed by atoms with Crippen LogP contribution in [0.1, 0.15) is 12.6 Å². The van der Waals surface area contributed by atoms with Crippen molar-refractivity contribution in [2.45, 2.75) is 6.92 Å². The molecule has 0 saturated carbocycles. The van der Waals surface area contributed by atoms with Gasteiger partial charge in [-0.25, -0.2) is 24.9 Å². The molecule has 0 fully saturated rings. The van der Waals surface area contributed by atoms with E-state index in [-0.39, 0.29) is 0 Å². The van der Waals surface area contributed by atoms with Crippen molar-refractivity contribution in [3.63, 3.8) is 0 Å². The molecule has 242 valence electrons. The summed E-state index contributed by atoms with van der Waals surface area (Å²) in [6, 6.07) is 41.4. The average molecular weight is 692 g/mol. The molecule has 51 heavy (non-hydrogen) atoms. The smallest absolute Gasteiger partial charge is 0.164 e. The molecular weight excluding hydrogens is 663 g/mol. The van der Waals surface area contributed by atoms with E-state index in [1.54, 1.807) is 22.7 Å². The lowest BCUT2D eigenvalue weighted by Gasteiger charge is -2.09. The van der Waals surface area contributed by atoms with E-state index in [1.165, 1.54) is 4.70 Å². The maximum Gasteiger partial charge on any atom is 0.164 e. The number of nitrogens with zero attached hydrogens (tertiary/aromatic N) is 5. The summed E-state index contributed by atoms with van der Waals surface area (Å²) >= 11 is 3.48. The Hall–Kier alpha value is -6.15. The molecule has 0 bridgehead atoms. The van der Waals surface area contributed by atoms with Crippen molar-refractivity contribution < 1.29 is 0 Å². The van der Waals surface area contributed by atoms with Crippen LogP contribution in [-0.2, 0) is 0 Å². The molecule has 0 unspecified atom stereocenters. The summed E-state index contributed by atoms with van der Waals surface area (Å²) in [4.78, 5) is 25.5. The van der Waals surface area contributed by atoms with Crippen molar-refractivity contribution in [3.8, 4) is 45.6 Å². The van der Waals surface area contributed by atoms with Gasteiger partial charge in [-0.15, -0.1) is 22.7 Å². The maximum absolute atomic E-state index is 5.25. The second-order valence-corrected chi connectivity index (χ2v) is 14.3. The Bertz CT molecular complexity index is 2770. The van der Waals surface area contributed by atoms with E-state index in [1.807, 2.05) is 79.7 Å². The van der Waals surface area contributed by atoms with Gasteiger partial charge in [0.05, 0.1) is 15.9 Å². The van der Waals surface area contributed by atoms with Crippen LogP contribution in [0.25, 0.3) is 92.1 Å². The van der Waals surface area contributed by atoms with E-state index in [2.05, 4.69) is 79.4 Å².